The predicted octanol–water partition coefficient (Wildman–Crippen LogP) is 2.71. The number of carbonyl (C=O) groups excluding carboxylic acids is 1. The van der Waals surface area contributed by atoms with Crippen LogP contribution in [0.25, 0.3) is 0 Å². The van der Waals surface area contributed by atoms with Gasteiger partial charge >= 0.3 is 5.97 Å². The number of phenolic OH excluding ortho intramolecular Hbond substituents is 1. The SMILES string of the molecule is C=C(C)C[C@@H](N)c1ccc(OC(C)=O)c(O)c1.Cl. The van der Waals surface area contributed by atoms with Gasteiger partial charge < -0.3 is 15.6 Å². The molecule has 0 bridgehead atoms. The molecule has 100 valence electrons. The molecule has 0 aliphatic rings. The number of phenols is 1. The van der Waals surface area contributed by atoms with Crippen LogP contribution in [0.3, 0.4) is 0 Å². The molecule has 0 radical (unpaired) electrons. The number of carbonyl (C=O) groups is 1. The molecule has 4 nitrogen and oxygen atoms in total. The van der Waals surface area contributed by atoms with E-state index in [4.69, 9.17) is 10.5 Å². The standard InChI is InChI=1S/C13H17NO3.ClH/c1-8(2)6-11(14)10-4-5-13(12(16)7-10)17-9(3)15;/h4-5,7,11,16H,1,6,14H2,2-3H3;1H/t11-;/m1./s1. The number of benzene rings is 1. The van der Waals surface area contributed by atoms with E-state index < -0.39 is 5.97 Å². The normalized spacial score (nSPS) is 11.3. The maximum Gasteiger partial charge on any atom is 0.308 e. The zero-order valence-electron chi connectivity index (χ0n) is 10.5. The van der Waals surface area contributed by atoms with E-state index in [9.17, 15) is 9.90 Å². The lowest BCUT2D eigenvalue weighted by Crippen LogP contribution is -2.10. The molecule has 0 saturated carbocycles. The first-order chi connectivity index (χ1) is 7.90. The fourth-order valence-corrected chi connectivity index (χ4v) is 1.50. The van der Waals surface area contributed by atoms with Crippen molar-refractivity contribution >= 4 is 18.4 Å². The lowest BCUT2D eigenvalue weighted by atomic mass is 10.0. The monoisotopic (exact) mass is 271 g/mol. The van der Waals surface area contributed by atoms with Crippen LogP contribution in [0, 0.1) is 0 Å². The van der Waals surface area contributed by atoms with Crippen molar-refractivity contribution < 1.29 is 14.6 Å². The Hall–Kier alpha value is -1.52. The minimum Gasteiger partial charge on any atom is -0.504 e. The molecule has 0 fully saturated rings. The molecule has 0 amide bonds. The molecular formula is C13H18ClNO3. The Morgan fingerprint density at radius 2 is 2.11 bits per heavy atom. The van der Waals surface area contributed by atoms with Crippen LogP contribution in [-0.4, -0.2) is 11.1 Å². The molecule has 1 aromatic carbocycles. The topological polar surface area (TPSA) is 72.5 Å². The van der Waals surface area contributed by atoms with E-state index in [1.54, 1.807) is 6.07 Å². The second-order valence-corrected chi connectivity index (χ2v) is 4.09. The Bertz CT molecular complexity index is 446. The summed E-state index contributed by atoms with van der Waals surface area (Å²) in [7, 11) is 0. The maximum atomic E-state index is 10.8. The maximum absolute atomic E-state index is 10.8. The Balaban J connectivity index is 0.00000289. The molecule has 5 heteroatoms. The third kappa shape index (κ3) is 4.77. The first-order valence-corrected chi connectivity index (χ1v) is 5.31. The molecule has 18 heavy (non-hydrogen) atoms. The van der Waals surface area contributed by atoms with Gasteiger partial charge in [-0.2, -0.15) is 0 Å². The summed E-state index contributed by atoms with van der Waals surface area (Å²) < 4.78 is 4.81. The summed E-state index contributed by atoms with van der Waals surface area (Å²) >= 11 is 0. The molecule has 0 spiro atoms. The van der Waals surface area contributed by atoms with Crippen LogP contribution in [-0.2, 0) is 4.79 Å². The van der Waals surface area contributed by atoms with E-state index in [-0.39, 0.29) is 29.9 Å². The lowest BCUT2D eigenvalue weighted by molar-refractivity contribution is -0.132. The number of hydrogen-bond acceptors (Lipinski definition) is 4. The Morgan fingerprint density at radius 3 is 2.56 bits per heavy atom. The number of halogens is 1. The molecular weight excluding hydrogens is 254 g/mol. The van der Waals surface area contributed by atoms with Crippen molar-refractivity contribution in [3.05, 3.63) is 35.9 Å². The summed E-state index contributed by atoms with van der Waals surface area (Å²) in [6, 6.07) is 4.55. The summed E-state index contributed by atoms with van der Waals surface area (Å²) in [6.45, 7) is 6.96. The van der Waals surface area contributed by atoms with Crippen molar-refractivity contribution in [2.75, 3.05) is 0 Å². The van der Waals surface area contributed by atoms with Gasteiger partial charge in [-0.15, -0.1) is 19.0 Å². The molecule has 0 aliphatic heterocycles. The molecule has 0 unspecified atom stereocenters. The van der Waals surface area contributed by atoms with Gasteiger partial charge in [0.15, 0.2) is 11.5 Å². The second kappa shape index (κ2) is 7.03. The van der Waals surface area contributed by atoms with Crippen molar-refractivity contribution in [1.82, 2.24) is 0 Å². The molecule has 0 aliphatic carbocycles. The minimum atomic E-state index is -0.473. The van der Waals surface area contributed by atoms with Crippen molar-refractivity contribution in [1.29, 1.82) is 0 Å². The molecule has 1 aromatic rings. The first kappa shape index (κ1) is 16.5. The van der Waals surface area contributed by atoms with Crippen LogP contribution in [0.1, 0.15) is 31.9 Å². The number of esters is 1. The van der Waals surface area contributed by atoms with Gasteiger partial charge in [0.2, 0.25) is 0 Å². The van der Waals surface area contributed by atoms with Crippen molar-refractivity contribution in [3.63, 3.8) is 0 Å². The quantitative estimate of drug-likeness (QED) is 0.502. The van der Waals surface area contributed by atoms with Gasteiger partial charge in [-0.05, 0) is 31.0 Å². The van der Waals surface area contributed by atoms with E-state index in [2.05, 4.69) is 6.58 Å². The highest BCUT2D eigenvalue weighted by atomic mass is 35.5. The van der Waals surface area contributed by atoms with Gasteiger partial charge in [0.25, 0.3) is 0 Å². The van der Waals surface area contributed by atoms with Crippen LogP contribution in [0.4, 0.5) is 0 Å². The van der Waals surface area contributed by atoms with Crippen molar-refractivity contribution in [3.8, 4) is 11.5 Å². The van der Waals surface area contributed by atoms with Crippen LogP contribution in [0.2, 0.25) is 0 Å². The average molecular weight is 272 g/mol. The molecule has 1 rings (SSSR count). The van der Waals surface area contributed by atoms with Crippen molar-refractivity contribution in [2.45, 2.75) is 26.3 Å². The Morgan fingerprint density at radius 1 is 1.50 bits per heavy atom. The summed E-state index contributed by atoms with van der Waals surface area (Å²) in [6.07, 6.45) is 0.645. The molecule has 0 aromatic heterocycles. The van der Waals surface area contributed by atoms with Gasteiger partial charge in [0.05, 0.1) is 0 Å². The Kier molecular flexibility index (Phi) is 6.44. The number of aromatic hydroxyl groups is 1. The summed E-state index contributed by atoms with van der Waals surface area (Å²) in [4.78, 5) is 10.8. The summed E-state index contributed by atoms with van der Waals surface area (Å²) in [5.41, 5.74) is 7.69. The zero-order chi connectivity index (χ0) is 13.0. The lowest BCUT2D eigenvalue weighted by Gasteiger charge is -2.13. The number of nitrogens with two attached hydrogens (primary N) is 1. The van der Waals surface area contributed by atoms with Gasteiger partial charge in [-0.25, -0.2) is 0 Å². The van der Waals surface area contributed by atoms with Crippen LogP contribution < -0.4 is 10.5 Å². The smallest absolute Gasteiger partial charge is 0.308 e. The molecule has 0 saturated heterocycles. The second-order valence-electron chi connectivity index (χ2n) is 4.09. The predicted molar refractivity (Wildman–Crippen MR) is 73.0 cm³/mol. The van der Waals surface area contributed by atoms with E-state index in [0.29, 0.717) is 6.42 Å². The van der Waals surface area contributed by atoms with Gasteiger partial charge in [-0.1, -0.05) is 11.6 Å². The van der Waals surface area contributed by atoms with E-state index >= 15 is 0 Å². The fourth-order valence-electron chi connectivity index (χ4n) is 1.50. The third-order valence-electron chi connectivity index (χ3n) is 2.23. The molecule has 3 N–H and O–H groups in total. The minimum absolute atomic E-state index is 0. The van der Waals surface area contributed by atoms with Gasteiger partial charge in [-0.3, -0.25) is 4.79 Å². The van der Waals surface area contributed by atoms with Gasteiger partial charge in [0.1, 0.15) is 0 Å². The largest absolute Gasteiger partial charge is 0.504 e. The average Bonchev–Trinajstić information content (AvgIpc) is 2.19. The zero-order valence-corrected chi connectivity index (χ0v) is 11.3. The van der Waals surface area contributed by atoms with Crippen LogP contribution >= 0.6 is 12.4 Å². The van der Waals surface area contributed by atoms with Crippen LogP contribution in [0.5, 0.6) is 11.5 Å². The fraction of sp³-hybridized carbons (Fsp3) is 0.308. The number of hydrogen-bond donors (Lipinski definition) is 2. The van der Waals surface area contributed by atoms with E-state index in [0.717, 1.165) is 11.1 Å². The van der Waals surface area contributed by atoms with E-state index in [1.165, 1.54) is 19.1 Å². The third-order valence-corrected chi connectivity index (χ3v) is 2.23. The summed E-state index contributed by atoms with van der Waals surface area (Å²) in [5.74, 6) is -0.419. The molecule has 0 heterocycles. The highest BCUT2D eigenvalue weighted by molar-refractivity contribution is 5.85. The van der Waals surface area contributed by atoms with Crippen molar-refractivity contribution in [2.24, 2.45) is 5.73 Å². The van der Waals surface area contributed by atoms with Crippen LogP contribution in [0.15, 0.2) is 30.4 Å². The molecule has 1 atom stereocenters. The summed E-state index contributed by atoms with van der Waals surface area (Å²) in [5, 5.41) is 9.67. The van der Waals surface area contributed by atoms with E-state index in [1.807, 2.05) is 6.92 Å². The highest BCUT2D eigenvalue weighted by Crippen LogP contribution is 2.30. The number of rotatable bonds is 4. The van der Waals surface area contributed by atoms with Gasteiger partial charge in [0, 0.05) is 13.0 Å². The Labute approximate surface area is 113 Å². The highest BCUT2D eigenvalue weighted by Gasteiger charge is 2.11. The number of ether oxygens (including phenoxy) is 1. The first-order valence-electron chi connectivity index (χ1n) is 5.31.